The van der Waals surface area contributed by atoms with Crippen LogP contribution in [0.4, 0.5) is 14.5 Å². The Kier molecular flexibility index (Phi) is 8.23. The van der Waals surface area contributed by atoms with Gasteiger partial charge in [-0.3, -0.25) is 14.4 Å². The molecule has 174 valence electrons. The molecule has 0 radical (unpaired) electrons. The van der Waals surface area contributed by atoms with Crippen molar-refractivity contribution in [1.29, 1.82) is 0 Å². The third-order valence-electron chi connectivity index (χ3n) is 5.23. The van der Waals surface area contributed by atoms with Crippen molar-refractivity contribution in [3.63, 3.8) is 0 Å². The number of alkyl halides is 1. The average Bonchev–Trinajstić information content (AvgIpc) is 2.97. The molecule has 0 saturated heterocycles. The molecule has 0 aliphatic rings. The number of hydrogen-bond acceptors (Lipinski definition) is 5. The lowest BCUT2D eigenvalue weighted by Crippen LogP contribution is -2.47. The number of anilines is 1. The number of aryl methyl sites for hydroxylation is 1. The first-order chi connectivity index (χ1) is 15.0. The van der Waals surface area contributed by atoms with Crippen molar-refractivity contribution in [1.82, 2.24) is 9.88 Å². The first-order valence-corrected chi connectivity index (χ1v) is 10.0. The summed E-state index contributed by atoms with van der Waals surface area (Å²) in [6, 6.07) is 2.97. The maximum Gasteiger partial charge on any atom is 0.294 e. The Morgan fingerprint density at radius 2 is 1.84 bits per heavy atom. The van der Waals surface area contributed by atoms with E-state index in [-0.39, 0.29) is 29.1 Å². The summed E-state index contributed by atoms with van der Waals surface area (Å²) in [7, 11) is 0. The van der Waals surface area contributed by atoms with Crippen LogP contribution < -0.4 is 10.6 Å². The van der Waals surface area contributed by atoms with Gasteiger partial charge in [0.15, 0.2) is 0 Å². The summed E-state index contributed by atoms with van der Waals surface area (Å²) < 4.78 is 28.0. The van der Waals surface area contributed by atoms with Gasteiger partial charge in [0.25, 0.3) is 17.6 Å². The minimum Gasteiger partial charge on any atom is -0.394 e. The van der Waals surface area contributed by atoms with Gasteiger partial charge in [0.1, 0.15) is 12.5 Å². The molecule has 8 nitrogen and oxygen atoms in total. The summed E-state index contributed by atoms with van der Waals surface area (Å²) in [5.41, 5.74) is 1.03. The van der Waals surface area contributed by atoms with Crippen molar-refractivity contribution in [2.45, 2.75) is 46.4 Å². The summed E-state index contributed by atoms with van der Waals surface area (Å²) in [6.07, 6.45) is -1.11. The van der Waals surface area contributed by atoms with E-state index in [4.69, 9.17) is 0 Å². The molecule has 0 fully saturated rings. The number of aliphatic hydroxyl groups excluding tert-OH is 2. The number of nitrogens with zero attached hydrogens (tertiary/aromatic N) is 1. The molecule has 1 aromatic carbocycles. The summed E-state index contributed by atoms with van der Waals surface area (Å²) in [5, 5.41) is 23.7. The maximum absolute atomic E-state index is 13.5. The van der Waals surface area contributed by atoms with E-state index in [1.165, 1.54) is 43.5 Å². The fourth-order valence-corrected chi connectivity index (χ4v) is 3.46. The van der Waals surface area contributed by atoms with Crippen LogP contribution >= 0.6 is 0 Å². The fraction of sp³-hybridized carbons (Fsp3) is 0.409. The number of nitrogens with one attached hydrogen (secondary N) is 2. The maximum atomic E-state index is 13.5. The average molecular weight is 451 g/mol. The number of Topliss-reactive ketones (excluding diaryl/α,β-unsaturated/α-hetero) is 1. The highest BCUT2D eigenvalue weighted by molar-refractivity contribution is 6.43. The number of aromatic nitrogens is 1. The van der Waals surface area contributed by atoms with Gasteiger partial charge in [-0.1, -0.05) is 0 Å². The number of ketones is 1. The van der Waals surface area contributed by atoms with Gasteiger partial charge in [-0.2, -0.15) is 0 Å². The van der Waals surface area contributed by atoms with E-state index in [2.05, 4.69) is 10.6 Å². The van der Waals surface area contributed by atoms with Crippen LogP contribution in [0.15, 0.2) is 18.2 Å². The Balaban J connectivity index is 2.43. The van der Waals surface area contributed by atoms with Crippen molar-refractivity contribution in [2.24, 2.45) is 0 Å². The lowest BCUT2D eigenvalue weighted by Gasteiger charge is -2.18. The highest BCUT2D eigenvalue weighted by Crippen LogP contribution is 2.25. The highest BCUT2D eigenvalue weighted by Gasteiger charge is 2.31. The van der Waals surface area contributed by atoms with Gasteiger partial charge in [-0.15, -0.1) is 0 Å². The van der Waals surface area contributed by atoms with Crippen LogP contribution in [0.5, 0.6) is 0 Å². The minimum atomic E-state index is -1.11. The van der Waals surface area contributed by atoms with Crippen molar-refractivity contribution < 1.29 is 33.4 Å². The van der Waals surface area contributed by atoms with Crippen molar-refractivity contribution in [3.8, 4) is 0 Å². The zero-order valence-corrected chi connectivity index (χ0v) is 18.3. The van der Waals surface area contributed by atoms with Crippen molar-refractivity contribution >= 4 is 23.3 Å². The third-order valence-corrected chi connectivity index (χ3v) is 5.23. The van der Waals surface area contributed by atoms with Gasteiger partial charge in [-0.05, 0) is 57.0 Å². The number of aliphatic hydroxyl groups is 2. The third kappa shape index (κ3) is 5.20. The van der Waals surface area contributed by atoms with E-state index in [1.807, 2.05) is 0 Å². The van der Waals surface area contributed by atoms with E-state index in [9.17, 15) is 33.4 Å². The van der Waals surface area contributed by atoms with Crippen LogP contribution in [-0.2, 0) is 11.3 Å². The Bertz CT molecular complexity index is 1030. The first-order valence-electron chi connectivity index (χ1n) is 10.0. The number of hydrogen-bond donors (Lipinski definition) is 4. The summed E-state index contributed by atoms with van der Waals surface area (Å²) in [6.45, 7) is 4.17. The number of rotatable bonds is 9. The van der Waals surface area contributed by atoms with Crippen LogP contribution in [0.2, 0.25) is 0 Å². The SMILES string of the molecule is Cc1cc(NC(=O)c2c(C)c(C(=O)C(=O)N[C@H](CO)[C@@H](C)O)n(CCF)c2C)ccc1F. The molecule has 32 heavy (non-hydrogen) atoms. The zero-order valence-electron chi connectivity index (χ0n) is 18.3. The number of carbonyl (C=O) groups is 3. The van der Waals surface area contributed by atoms with E-state index < -0.39 is 48.8 Å². The highest BCUT2D eigenvalue weighted by atomic mass is 19.1. The minimum absolute atomic E-state index is 0.0887. The van der Waals surface area contributed by atoms with E-state index in [0.717, 1.165) is 0 Å². The molecule has 4 N–H and O–H groups in total. The Morgan fingerprint density at radius 3 is 2.38 bits per heavy atom. The lowest BCUT2D eigenvalue weighted by molar-refractivity contribution is -0.118. The van der Waals surface area contributed by atoms with Gasteiger partial charge in [0.2, 0.25) is 0 Å². The Hall–Kier alpha value is -3.11. The summed E-state index contributed by atoms with van der Waals surface area (Å²) in [4.78, 5) is 38.3. The van der Waals surface area contributed by atoms with E-state index >= 15 is 0 Å². The molecule has 2 atom stereocenters. The predicted octanol–water partition coefficient (Wildman–Crippen LogP) is 1.81. The van der Waals surface area contributed by atoms with Gasteiger partial charge < -0.3 is 25.4 Å². The van der Waals surface area contributed by atoms with Crippen LogP contribution in [0.3, 0.4) is 0 Å². The monoisotopic (exact) mass is 451 g/mol. The van der Waals surface area contributed by atoms with Crippen LogP contribution in [0.25, 0.3) is 0 Å². The van der Waals surface area contributed by atoms with Crippen LogP contribution in [-0.4, -0.2) is 57.8 Å². The molecule has 2 rings (SSSR count). The first kappa shape index (κ1) is 25.2. The topological polar surface area (TPSA) is 121 Å². The molecule has 10 heteroatoms. The Morgan fingerprint density at radius 1 is 1.19 bits per heavy atom. The molecule has 2 aromatic rings. The summed E-state index contributed by atoms with van der Waals surface area (Å²) in [5.74, 6) is -3.17. The van der Waals surface area contributed by atoms with Crippen LogP contribution in [0.1, 0.15) is 44.6 Å². The second-order valence-electron chi connectivity index (χ2n) is 7.52. The number of halogens is 2. The normalized spacial score (nSPS) is 12.9. The standard InChI is InChI=1S/C22H27F2N3O5/c1-11-9-15(5-6-16(11)24)25-21(31)18-12(2)19(27(8-7-23)13(18)3)20(30)22(32)26-17(10-28)14(4)29/h5-6,9,14,17,28-29H,7-8,10H2,1-4H3,(H,25,31)(H,26,32)/t14-,17-/m1/s1. The van der Waals surface area contributed by atoms with Gasteiger partial charge in [0, 0.05) is 11.4 Å². The summed E-state index contributed by atoms with van der Waals surface area (Å²) >= 11 is 0. The fourth-order valence-electron chi connectivity index (χ4n) is 3.46. The second kappa shape index (κ2) is 10.5. The quantitative estimate of drug-likeness (QED) is 0.342. The molecule has 0 aliphatic heterocycles. The molecule has 0 bridgehead atoms. The molecule has 0 spiro atoms. The smallest absolute Gasteiger partial charge is 0.294 e. The number of amides is 2. The van der Waals surface area contributed by atoms with Crippen LogP contribution in [0, 0.1) is 26.6 Å². The predicted molar refractivity (Wildman–Crippen MR) is 114 cm³/mol. The molecular formula is C22H27F2N3O5. The molecule has 1 heterocycles. The Labute approximate surface area is 184 Å². The van der Waals surface area contributed by atoms with Gasteiger partial charge in [-0.25, -0.2) is 8.78 Å². The van der Waals surface area contributed by atoms with Crippen molar-refractivity contribution in [2.75, 3.05) is 18.6 Å². The molecule has 0 saturated carbocycles. The lowest BCUT2D eigenvalue weighted by atomic mass is 10.1. The molecule has 1 aromatic heterocycles. The molecular weight excluding hydrogens is 424 g/mol. The van der Waals surface area contributed by atoms with Gasteiger partial charge in [0.05, 0.1) is 36.6 Å². The number of carbonyl (C=O) groups excluding carboxylic acids is 3. The second-order valence-corrected chi connectivity index (χ2v) is 7.52. The zero-order chi connectivity index (χ0) is 24.2. The number of benzene rings is 1. The van der Waals surface area contributed by atoms with E-state index in [0.29, 0.717) is 11.3 Å². The van der Waals surface area contributed by atoms with Gasteiger partial charge >= 0.3 is 0 Å². The van der Waals surface area contributed by atoms with E-state index in [1.54, 1.807) is 6.92 Å². The molecule has 0 aliphatic carbocycles. The molecule has 0 unspecified atom stereocenters. The van der Waals surface area contributed by atoms with Crippen molar-refractivity contribution in [3.05, 3.63) is 52.1 Å². The largest absolute Gasteiger partial charge is 0.394 e. The molecule has 2 amide bonds.